The normalized spacial score (nSPS) is 27.9. The van der Waals surface area contributed by atoms with Crippen LogP contribution in [0.4, 0.5) is 0 Å². The van der Waals surface area contributed by atoms with Crippen molar-refractivity contribution in [2.75, 3.05) is 19.7 Å². The molecule has 0 saturated heterocycles. The highest BCUT2D eigenvalue weighted by molar-refractivity contribution is 4.73. The Morgan fingerprint density at radius 3 is 2.88 bits per heavy atom. The van der Waals surface area contributed by atoms with Gasteiger partial charge in [0.25, 0.3) is 0 Å². The lowest BCUT2D eigenvalue weighted by atomic mass is 9.85. The maximum absolute atomic E-state index is 9.65. The highest BCUT2D eigenvalue weighted by Gasteiger charge is 2.21. The molecule has 96 valence electrons. The van der Waals surface area contributed by atoms with Crippen LogP contribution in [0.2, 0.25) is 0 Å². The first-order valence-electron chi connectivity index (χ1n) is 6.76. The lowest BCUT2D eigenvalue weighted by molar-refractivity contribution is -0.0322. The minimum Gasteiger partial charge on any atom is -0.389 e. The van der Waals surface area contributed by atoms with Crippen LogP contribution in [0.5, 0.6) is 0 Å². The highest BCUT2D eigenvalue weighted by Crippen LogP contribution is 2.28. The predicted molar refractivity (Wildman–Crippen MR) is 66.5 cm³/mol. The molecule has 3 heteroatoms. The summed E-state index contributed by atoms with van der Waals surface area (Å²) in [6.45, 7) is 6.32. The lowest BCUT2D eigenvalue weighted by Crippen LogP contribution is -2.33. The molecule has 3 atom stereocenters. The fourth-order valence-corrected chi connectivity index (χ4v) is 2.38. The van der Waals surface area contributed by atoms with Crippen molar-refractivity contribution >= 4 is 0 Å². The van der Waals surface area contributed by atoms with Crippen molar-refractivity contribution in [3.63, 3.8) is 0 Å². The first-order valence-corrected chi connectivity index (χ1v) is 6.76. The Labute approximate surface area is 99.6 Å². The number of hydrogen-bond acceptors (Lipinski definition) is 3. The summed E-state index contributed by atoms with van der Waals surface area (Å²) in [5.74, 6) is 0.838. The van der Waals surface area contributed by atoms with Crippen LogP contribution in [0.1, 0.15) is 46.0 Å². The second kappa shape index (κ2) is 8.04. The standard InChI is InChI=1S/C13H27NO2/c1-3-11-6-5-7-13(8-11)16-10-12(15)9-14-4-2/h11-15H,3-10H2,1-2H3. The molecular formula is C13H27NO2. The van der Waals surface area contributed by atoms with Gasteiger partial charge in [-0.15, -0.1) is 0 Å². The van der Waals surface area contributed by atoms with Gasteiger partial charge in [0.1, 0.15) is 0 Å². The van der Waals surface area contributed by atoms with Gasteiger partial charge in [-0.3, -0.25) is 0 Å². The average molecular weight is 229 g/mol. The Morgan fingerprint density at radius 1 is 1.38 bits per heavy atom. The van der Waals surface area contributed by atoms with E-state index < -0.39 is 0 Å². The van der Waals surface area contributed by atoms with Gasteiger partial charge in [0, 0.05) is 6.54 Å². The van der Waals surface area contributed by atoms with Crippen LogP contribution in [-0.4, -0.2) is 37.0 Å². The third-order valence-electron chi connectivity index (χ3n) is 3.47. The third-order valence-corrected chi connectivity index (χ3v) is 3.47. The first kappa shape index (κ1) is 13.9. The van der Waals surface area contributed by atoms with E-state index in [9.17, 15) is 5.11 Å². The molecule has 0 aromatic heterocycles. The summed E-state index contributed by atoms with van der Waals surface area (Å²) >= 11 is 0. The fourth-order valence-electron chi connectivity index (χ4n) is 2.38. The number of nitrogens with one attached hydrogen (secondary N) is 1. The molecule has 0 aromatic carbocycles. The van der Waals surface area contributed by atoms with E-state index in [0.717, 1.165) is 12.5 Å². The molecule has 0 amide bonds. The largest absolute Gasteiger partial charge is 0.389 e. The Balaban J connectivity index is 2.11. The van der Waals surface area contributed by atoms with Crippen LogP contribution in [-0.2, 0) is 4.74 Å². The molecule has 0 heterocycles. The van der Waals surface area contributed by atoms with Gasteiger partial charge >= 0.3 is 0 Å². The van der Waals surface area contributed by atoms with Gasteiger partial charge in [0.2, 0.25) is 0 Å². The second-order valence-electron chi connectivity index (χ2n) is 4.86. The van der Waals surface area contributed by atoms with E-state index in [-0.39, 0.29) is 6.10 Å². The predicted octanol–water partition coefficient (Wildman–Crippen LogP) is 1.94. The first-order chi connectivity index (χ1) is 7.76. The van der Waals surface area contributed by atoms with Crippen molar-refractivity contribution in [2.45, 2.75) is 58.2 Å². The van der Waals surface area contributed by atoms with E-state index in [1.807, 2.05) is 6.92 Å². The summed E-state index contributed by atoms with van der Waals surface area (Å²) < 4.78 is 5.78. The quantitative estimate of drug-likeness (QED) is 0.701. The molecular weight excluding hydrogens is 202 g/mol. The molecule has 1 rings (SSSR count). The van der Waals surface area contributed by atoms with Crippen molar-refractivity contribution in [1.29, 1.82) is 0 Å². The van der Waals surface area contributed by atoms with Gasteiger partial charge in [0.15, 0.2) is 0 Å². The highest BCUT2D eigenvalue weighted by atomic mass is 16.5. The molecule has 3 nitrogen and oxygen atoms in total. The van der Waals surface area contributed by atoms with Crippen LogP contribution in [0.15, 0.2) is 0 Å². The van der Waals surface area contributed by atoms with Gasteiger partial charge in [-0.1, -0.05) is 33.1 Å². The molecule has 1 fully saturated rings. The zero-order chi connectivity index (χ0) is 11.8. The summed E-state index contributed by atoms with van der Waals surface area (Å²) in [5.41, 5.74) is 0. The van der Waals surface area contributed by atoms with Gasteiger partial charge in [0.05, 0.1) is 18.8 Å². The molecule has 3 unspecified atom stereocenters. The SMILES string of the molecule is CCNCC(O)COC1CCCC(CC)C1. The van der Waals surface area contributed by atoms with Crippen molar-refractivity contribution in [3.05, 3.63) is 0 Å². The Kier molecular flexibility index (Phi) is 7.01. The molecule has 0 spiro atoms. The van der Waals surface area contributed by atoms with Gasteiger partial charge in [-0.2, -0.15) is 0 Å². The fraction of sp³-hybridized carbons (Fsp3) is 1.00. The Morgan fingerprint density at radius 2 is 2.19 bits per heavy atom. The zero-order valence-corrected chi connectivity index (χ0v) is 10.7. The van der Waals surface area contributed by atoms with Crippen LogP contribution >= 0.6 is 0 Å². The van der Waals surface area contributed by atoms with Crippen LogP contribution < -0.4 is 5.32 Å². The Hall–Kier alpha value is -0.120. The van der Waals surface area contributed by atoms with Crippen molar-refractivity contribution in [1.82, 2.24) is 5.32 Å². The van der Waals surface area contributed by atoms with Crippen LogP contribution in [0, 0.1) is 5.92 Å². The maximum atomic E-state index is 9.65. The number of aliphatic hydroxyl groups is 1. The molecule has 0 aromatic rings. The van der Waals surface area contributed by atoms with Crippen LogP contribution in [0.25, 0.3) is 0 Å². The summed E-state index contributed by atoms with van der Waals surface area (Å²) in [4.78, 5) is 0. The summed E-state index contributed by atoms with van der Waals surface area (Å²) in [6, 6.07) is 0. The molecule has 0 radical (unpaired) electrons. The van der Waals surface area contributed by atoms with Crippen molar-refractivity contribution < 1.29 is 9.84 Å². The molecule has 0 bridgehead atoms. The molecule has 2 N–H and O–H groups in total. The average Bonchev–Trinajstić information content (AvgIpc) is 2.34. The van der Waals surface area contributed by atoms with E-state index in [1.54, 1.807) is 0 Å². The van der Waals surface area contributed by atoms with E-state index in [1.165, 1.54) is 32.1 Å². The van der Waals surface area contributed by atoms with Gasteiger partial charge in [-0.25, -0.2) is 0 Å². The molecule has 0 aliphatic heterocycles. The number of likely N-dealkylation sites (N-methyl/N-ethyl adjacent to an activating group) is 1. The lowest BCUT2D eigenvalue weighted by Gasteiger charge is -2.29. The Bertz CT molecular complexity index is 175. The van der Waals surface area contributed by atoms with Gasteiger partial charge in [-0.05, 0) is 25.3 Å². The molecule has 16 heavy (non-hydrogen) atoms. The number of aliphatic hydroxyl groups excluding tert-OH is 1. The maximum Gasteiger partial charge on any atom is 0.0897 e. The summed E-state index contributed by atoms with van der Waals surface area (Å²) in [7, 11) is 0. The smallest absolute Gasteiger partial charge is 0.0897 e. The number of hydrogen-bond donors (Lipinski definition) is 2. The molecule has 1 aliphatic rings. The second-order valence-corrected chi connectivity index (χ2v) is 4.86. The van der Waals surface area contributed by atoms with Gasteiger partial charge < -0.3 is 15.2 Å². The number of ether oxygens (including phenoxy) is 1. The minimum atomic E-state index is -0.359. The van der Waals surface area contributed by atoms with E-state index in [4.69, 9.17) is 4.74 Å². The summed E-state index contributed by atoms with van der Waals surface area (Å²) in [5, 5.41) is 12.8. The summed E-state index contributed by atoms with van der Waals surface area (Å²) in [6.07, 6.45) is 6.29. The van der Waals surface area contributed by atoms with E-state index >= 15 is 0 Å². The van der Waals surface area contributed by atoms with E-state index in [0.29, 0.717) is 19.3 Å². The monoisotopic (exact) mass is 229 g/mol. The minimum absolute atomic E-state index is 0.359. The van der Waals surface area contributed by atoms with Crippen LogP contribution in [0.3, 0.4) is 0 Å². The molecule has 1 saturated carbocycles. The molecule has 1 aliphatic carbocycles. The third kappa shape index (κ3) is 5.28. The van der Waals surface area contributed by atoms with Crippen molar-refractivity contribution in [2.24, 2.45) is 5.92 Å². The van der Waals surface area contributed by atoms with Crippen molar-refractivity contribution in [3.8, 4) is 0 Å². The topological polar surface area (TPSA) is 41.5 Å². The van der Waals surface area contributed by atoms with E-state index in [2.05, 4.69) is 12.2 Å². The number of rotatable bonds is 7. The zero-order valence-electron chi connectivity index (χ0n) is 10.7.